The fourth-order valence-corrected chi connectivity index (χ4v) is 3.93. The Bertz CT molecular complexity index is 915. The number of carbonyl (C=O) groups is 2. The molecule has 8 heteroatoms. The van der Waals surface area contributed by atoms with Gasteiger partial charge < -0.3 is 10.1 Å². The van der Waals surface area contributed by atoms with Gasteiger partial charge in [0.05, 0.1) is 5.69 Å². The van der Waals surface area contributed by atoms with Crippen LogP contribution in [0.1, 0.15) is 44.5 Å². The van der Waals surface area contributed by atoms with Crippen molar-refractivity contribution in [2.24, 2.45) is 0 Å². The summed E-state index contributed by atoms with van der Waals surface area (Å²) >= 11 is 4.51. The lowest BCUT2D eigenvalue weighted by molar-refractivity contribution is -0.154. The first-order valence-electron chi connectivity index (χ1n) is 8.95. The van der Waals surface area contributed by atoms with Crippen LogP contribution in [0.5, 0.6) is 0 Å². The molecule has 2 aromatic rings. The average molecular weight is 486 g/mol. The van der Waals surface area contributed by atoms with E-state index in [0.29, 0.717) is 15.8 Å². The summed E-state index contributed by atoms with van der Waals surface area (Å²) in [7, 11) is 0. The zero-order valence-electron chi connectivity index (χ0n) is 16.5. The average Bonchev–Trinajstić information content (AvgIpc) is 2.61. The number of amides is 1. The van der Waals surface area contributed by atoms with Crippen LogP contribution in [-0.4, -0.2) is 22.7 Å². The number of carbonyl (C=O) groups excluding carboxylic acids is 2. The van der Waals surface area contributed by atoms with E-state index in [2.05, 4.69) is 21.2 Å². The van der Waals surface area contributed by atoms with E-state index < -0.39 is 28.4 Å². The van der Waals surface area contributed by atoms with Crippen LogP contribution in [0.2, 0.25) is 0 Å². The van der Waals surface area contributed by atoms with Crippen LogP contribution in [0.4, 0.5) is 14.5 Å². The Morgan fingerprint density at radius 2 is 1.90 bits per heavy atom. The number of benzene rings is 2. The van der Waals surface area contributed by atoms with Gasteiger partial charge in [0.2, 0.25) is 0 Å². The third-order valence-corrected chi connectivity index (χ3v) is 5.99. The van der Waals surface area contributed by atoms with Crippen LogP contribution in [0, 0.1) is 11.6 Å². The summed E-state index contributed by atoms with van der Waals surface area (Å²) < 4.78 is 33.6. The smallest absolute Gasteiger partial charge is 0.319 e. The summed E-state index contributed by atoms with van der Waals surface area (Å²) in [5.41, 5.74) is -0.611. The zero-order chi connectivity index (χ0) is 21.8. The molecule has 0 saturated heterocycles. The van der Waals surface area contributed by atoms with Crippen molar-refractivity contribution in [2.75, 3.05) is 5.32 Å². The van der Waals surface area contributed by atoms with Crippen molar-refractivity contribution in [3.8, 4) is 0 Å². The molecular weight excluding hydrogens is 464 g/mol. The van der Waals surface area contributed by atoms with Crippen LogP contribution < -0.4 is 5.32 Å². The quantitative estimate of drug-likeness (QED) is 0.391. The number of rotatable bonds is 6. The molecule has 0 saturated carbocycles. The first-order chi connectivity index (χ1) is 13.5. The molecule has 0 aliphatic heterocycles. The fourth-order valence-electron chi connectivity index (χ4n) is 2.36. The lowest BCUT2D eigenvalue weighted by atomic mass is 10.2. The topological polar surface area (TPSA) is 55.4 Å². The minimum Gasteiger partial charge on any atom is -0.459 e. The van der Waals surface area contributed by atoms with E-state index >= 15 is 0 Å². The van der Waals surface area contributed by atoms with Gasteiger partial charge >= 0.3 is 5.97 Å². The second-order valence-corrected chi connectivity index (χ2v) is 9.37. The molecule has 1 atom stereocenters. The van der Waals surface area contributed by atoms with Gasteiger partial charge in [-0.25, -0.2) is 8.78 Å². The van der Waals surface area contributed by atoms with Gasteiger partial charge in [-0.1, -0.05) is 13.0 Å². The first kappa shape index (κ1) is 23.3. The van der Waals surface area contributed by atoms with Gasteiger partial charge in [-0.2, -0.15) is 0 Å². The molecule has 1 N–H and O–H groups in total. The van der Waals surface area contributed by atoms with Gasteiger partial charge in [0.25, 0.3) is 5.91 Å². The van der Waals surface area contributed by atoms with Crippen molar-refractivity contribution < 1.29 is 23.1 Å². The van der Waals surface area contributed by atoms with E-state index in [1.165, 1.54) is 42.1 Å². The maximum Gasteiger partial charge on any atom is 0.319 e. The molecule has 156 valence electrons. The zero-order valence-corrected chi connectivity index (χ0v) is 18.9. The molecule has 0 bridgehead atoms. The highest BCUT2D eigenvalue weighted by atomic mass is 79.9. The van der Waals surface area contributed by atoms with Gasteiger partial charge in [0, 0.05) is 14.9 Å². The van der Waals surface area contributed by atoms with Crippen molar-refractivity contribution in [1.29, 1.82) is 0 Å². The first-order valence-corrected chi connectivity index (χ1v) is 10.6. The van der Waals surface area contributed by atoms with Crippen LogP contribution in [0.15, 0.2) is 45.8 Å². The van der Waals surface area contributed by atoms with Crippen LogP contribution in [0.3, 0.4) is 0 Å². The second-order valence-electron chi connectivity index (χ2n) is 7.28. The summed E-state index contributed by atoms with van der Waals surface area (Å²) in [5, 5.41) is 1.95. The molecule has 2 aromatic carbocycles. The van der Waals surface area contributed by atoms with Crippen molar-refractivity contribution in [3.63, 3.8) is 0 Å². The Hall–Kier alpha value is -1.93. The van der Waals surface area contributed by atoms with E-state index in [9.17, 15) is 18.4 Å². The molecule has 0 fully saturated rings. The number of hydrogen-bond acceptors (Lipinski definition) is 4. The maximum absolute atomic E-state index is 14.4. The third-order valence-electron chi connectivity index (χ3n) is 3.67. The monoisotopic (exact) mass is 485 g/mol. The van der Waals surface area contributed by atoms with E-state index in [1.54, 1.807) is 20.8 Å². The highest BCUT2D eigenvalue weighted by Gasteiger charge is 2.26. The number of nitrogens with one attached hydrogen (secondary N) is 1. The molecule has 0 aromatic heterocycles. The number of anilines is 1. The third kappa shape index (κ3) is 6.82. The van der Waals surface area contributed by atoms with Crippen LogP contribution >= 0.6 is 27.7 Å². The largest absolute Gasteiger partial charge is 0.459 e. The highest BCUT2D eigenvalue weighted by molar-refractivity contribution is 9.10. The van der Waals surface area contributed by atoms with Crippen LogP contribution in [0.25, 0.3) is 0 Å². The minimum absolute atomic E-state index is 0.0657. The predicted molar refractivity (Wildman–Crippen MR) is 114 cm³/mol. The SMILES string of the molecule is CCC(Sc1cc(NC(=O)c2cccc(F)c2)c(F)cc1Br)C(=O)OC(C)(C)C. The summed E-state index contributed by atoms with van der Waals surface area (Å²) in [6.45, 7) is 7.22. The van der Waals surface area contributed by atoms with Crippen molar-refractivity contribution in [3.05, 3.63) is 58.1 Å². The molecule has 0 radical (unpaired) electrons. The Morgan fingerprint density at radius 3 is 2.48 bits per heavy atom. The lowest BCUT2D eigenvalue weighted by Crippen LogP contribution is -2.30. The van der Waals surface area contributed by atoms with Gasteiger partial charge in [-0.05, 0) is 73.5 Å². The van der Waals surface area contributed by atoms with Crippen molar-refractivity contribution in [1.82, 2.24) is 0 Å². The van der Waals surface area contributed by atoms with Crippen LogP contribution in [-0.2, 0) is 9.53 Å². The Balaban J connectivity index is 2.24. The fraction of sp³-hybridized carbons (Fsp3) is 0.333. The van der Waals surface area contributed by atoms with E-state index in [1.807, 2.05) is 6.92 Å². The Labute approximate surface area is 181 Å². The van der Waals surface area contributed by atoms with Gasteiger partial charge in [-0.3, -0.25) is 9.59 Å². The molecule has 1 unspecified atom stereocenters. The summed E-state index contributed by atoms with van der Waals surface area (Å²) in [6, 6.07) is 7.76. The number of thioether (sulfide) groups is 1. The summed E-state index contributed by atoms with van der Waals surface area (Å²) in [5.74, 6) is -2.22. The summed E-state index contributed by atoms with van der Waals surface area (Å²) in [4.78, 5) is 25.3. The summed E-state index contributed by atoms with van der Waals surface area (Å²) in [6.07, 6.45) is 0.508. The second kappa shape index (κ2) is 9.71. The number of ether oxygens (including phenoxy) is 1. The molecule has 0 heterocycles. The standard InChI is InChI=1S/C21H22BrF2NO3S/c1-5-17(20(27)28-21(2,3)4)29-18-11-16(15(24)10-14(18)22)25-19(26)12-7-6-8-13(23)9-12/h6-11,17H,5H2,1-4H3,(H,25,26). The normalized spacial score (nSPS) is 12.4. The lowest BCUT2D eigenvalue weighted by Gasteiger charge is -2.23. The molecule has 4 nitrogen and oxygen atoms in total. The van der Waals surface area contributed by atoms with Crippen molar-refractivity contribution >= 4 is 45.3 Å². The van der Waals surface area contributed by atoms with E-state index in [-0.39, 0.29) is 17.2 Å². The molecule has 0 aliphatic carbocycles. The number of halogens is 3. The molecule has 0 spiro atoms. The van der Waals surface area contributed by atoms with Gasteiger partial charge in [0.15, 0.2) is 0 Å². The van der Waals surface area contributed by atoms with Gasteiger partial charge in [-0.15, -0.1) is 11.8 Å². The van der Waals surface area contributed by atoms with E-state index in [0.717, 1.165) is 6.07 Å². The molecule has 1 amide bonds. The molecule has 0 aliphatic rings. The van der Waals surface area contributed by atoms with Gasteiger partial charge in [0.1, 0.15) is 22.5 Å². The van der Waals surface area contributed by atoms with Crippen molar-refractivity contribution in [2.45, 2.75) is 49.9 Å². The molecular formula is C21H22BrF2NO3S. The minimum atomic E-state index is -0.656. The maximum atomic E-state index is 14.4. The Morgan fingerprint density at radius 1 is 1.21 bits per heavy atom. The van der Waals surface area contributed by atoms with E-state index in [4.69, 9.17) is 4.74 Å². The highest BCUT2D eigenvalue weighted by Crippen LogP contribution is 2.36. The Kier molecular flexibility index (Phi) is 7.82. The number of hydrogen-bond donors (Lipinski definition) is 1. The number of esters is 1. The molecule has 29 heavy (non-hydrogen) atoms. The molecule has 2 rings (SSSR count). The predicted octanol–water partition coefficient (Wildman–Crippen LogP) is 6.19.